The Morgan fingerprint density at radius 2 is 1.78 bits per heavy atom. The van der Waals surface area contributed by atoms with Crippen molar-refractivity contribution in [3.05, 3.63) is 59.7 Å². The molecule has 0 aliphatic carbocycles. The Bertz CT molecular complexity index is 1030. The third-order valence-corrected chi connectivity index (χ3v) is 8.27. The van der Waals surface area contributed by atoms with Gasteiger partial charge < -0.3 is 19.5 Å². The van der Waals surface area contributed by atoms with Gasteiger partial charge in [0.05, 0.1) is 19.5 Å². The van der Waals surface area contributed by atoms with Gasteiger partial charge in [-0.15, -0.1) is 0 Å². The molecule has 2 N–H and O–H groups in total. The highest BCUT2D eigenvalue weighted by atomic mass is 32.2. The summed E-state index contributed by atoms with van der Waals surface area (Å²) in [5.41, 5.74) is 2.00. The van der Waals surface area contributed by atoms with Gasteiger partial charge in [0, 0.05) is 32.7 Å². The second-order valence-electron chi connectivity index (χ2n) is 10.0. The standard InChI is InChI=1S/C28H42N2O5S/c1-21(2)24(15-23-11-12-27(34-4)28(16-23)35-14-8-13-33-3)17-25-18-29-19-26(25)30-36(31,32)20-22-9-6-5-7-10-22/h5-7,9-12,16,21,24-26,29-30H,8,13-15,17-20H2,1-4H3/t24-,25-,26+/m0/s1. The average molecular weight is 519 g/mol. The van der Waals surface area contributed by atoms with Crippen LogP contribution in [0.4, 0.5) is 0 Å². The molecular formula is C28H42N2O5S. The van der Waals surface area contributed by atoms with E-state index in [1.807, 2.05) is 36.4 Å². The van der Waals surface area contributed by atoms with Crippen LogP contribution in [-0.4, -0.2) is 55.0 Å². The Hall–Kier alpha value is -2.13. The van der Waals surface area contributed by atoms with E-state index in [2.05, 4.69) is 36.0 Å². The molecule has 0 aromatic heterocycles. The maximum absolute atomic E-state index is 12.9. The van der Waals surface area contributed by atoms with Crippen molar-refractivity contribution in [2.75, 3.05) is 40.5 Å². The van der Waals surface area contributed by atoms with Crippen molar-refractivity contribution in [1.82, 2.24) is 10.0 Å². The Morgan fingerprint density at radius 3 is 2.47 bits per heavy atom. The summed E-state index contributed by atoms with van der Waals surface area (Å²) in [6.07, 6.45) is 2.66. The van der Waals surface area contributed by atoms with Crippen molar-refractivity contribution < 1.29 is 22.6 Å². The van der Waals surface area contributed by atoms with Crippen LogP contribution >= 0.6 is 0 Å². The topological polar surface area (TPSA) is 85.9 Å². The van der Waals surface area contributed by atoms with Crippen LogP contribution in [0.1, 0.15) is 37.8 Å². The molecule has 3 atom stereocenters. The van der Waals surface area contributed by atoms with Crippen molar-refractivity contribution >= 4 is 10.0 Å². The summed E-state index contributed by atoms with van der Waals surface area (Å²) in [6.45, 7) is 7.19. The van der Waals surface area contributed by atoms with E-state index in [1.54, 1.807) is 14.2 Å². The quantitative estimate of drug-likeness (QED) is 0.347. The van der Waals surface area contributed by atoms with Crippen LogP contribution < -0.4 is 19.5 Å². The molecule has 2 aromatic rings. The minimum absolute atomic E-state index is 0.00365. The van der Waals surface area contributed by atoms with Gasteiger partial charge in [-0.05, 0) is 60.4 Å². The lowest BCUT2D eigenvalue weighted by molar-refractivity contribution is 0.170. The van der Waals surface area contributed by atoms with Gasteiger partial charge in [0.25, 0.3) is 0 Å². The number of hydrogen-bond acceptors (Lipinski definition) is 6. The predicted octanol–water partition coefficient (Wildman–Crippen LogP) is 4.02. The predicted molar refractivity (Wildman–Crippen MR) is 144 cm³/mol. The van der Waals surface area contributed by atoms with E-state index in [1.165, 1.54) is 5.56 Å². The Balaban J connectivity index is 1.64. The molecule has 0 spiro atoms. The van der Waals surface area contributed by atoms with Crippen molar-refractivity contribution in [2.24, 2.45) is 17.8 Å². The molecule has 7 nitrogen and oxygen atoms in total. The van der Waals surface area contributed by atoms with Crippen LogP contribution in [0.25, 0.3) is 0 Å². The van der Waals surface area contributed by atoms with Crippen molar-refractivity contribution in [1.29, 1.82) is 0 Å². The van der Waals surface area contributed by atoms with Gasteiger partial charge >= 0.3 is 0 Å². The Kier molecular flexibility index (Phi) is 11.0. The van der Waals surface area contributed by atoms with Gasteiger partial charge in [-0.25, -0.2) is 13.1 Å². The summed E-state index contributed by atoms with van der Waals surface area (Å²) >= 11 is 0. The molecule has 3 rings (SSSR count). The molecule has 1 aliphatic heterocycles. The van der Waals surface area contributed by atoms with Gasteiger partial charge in [0.15, 0.2) is 11.5 Å². The second kappa shape index (κ2) is 14.0. The second-order valence-corrected chi connectivity index (χ2v) is 11.8. The van der Waals surface area contributed by atoms with Crippen LogP contribution in [0.2, 0.25) is 0 Å². The van der Waals surface area contributed by atoms with Gasteiger partial charge in [-0.2, -0.15) is 0 Å². The summed E-state index contributed by atoms with van der Waals surface area (Å²) < 4.78 is 45.3. The molecule has 1 fully saturated rings. The van der Waals surface area contributed by atoms with Crippen LogP contribution in [-0.2, 0) is 26.9 Å². The fourth-order valence-electron chi connectivity index (χ4n) is 4.81. The van der Waals surface area contributed by atoms with Crippen LogP contribution in [0.3, 0.4) is 0 Å². The molecule has 0 radical (unpaired) electrons. The summed E-state index contributed by atoms with van der Waals surface area (Å²) in [5, 5.41) is 3.40. The molecular weight excluding hydrogens is 476 g/mol. The van der Waals surface area contributed by atoms with Crippen LogP contribution in [0, 0.1) is 17.8 Å². The van der Waals surface area contributed by atoms with Gasteiger partial charge in [-0.3, -0.25) is 0 Å². The lowest BCUT2D eigenvalue weighted by Crippen LogP contribution is -2.41. The summed E-state index contributed by atoms with van der Waals surface area (Å²) in [5.74, 6) is 2.59. The number of rotatable bonds is 15. The fourth-order valence-corrected chi connectivity index (χ4v) is 6.27. The Labute approximate surface area is 217 Å². The number of sulfonamides is 1. The van der Waals surface area contributed by atoms with Crippen molar-refractivity contribution in [2.45, 2.75) is 44.9 Å². The van der Waals surface area contributed by atoms with E-state index in [9.17, 15) is 8.42 Å². The zero-order chi connectivity index (χ0) is 26.0. The zero-order valence-corrected chi connectivity index (χ0v) is 22.9. The van der Waals surface area contributed by atoms with Gasteiger partial charge in [-0.1, -0.05) is 50.2 Å². The first kappa shape index (κ1) is 28.4. The largest absolute Gasteiger partial charge is 0.493 e. The molecule has 8 heteroatoms. The average Bonchev–Trinajstić information content (AvgIpc) is 3.27. The molecule has 1 aliphatic rings. The molecule has 0 bridgehead atoms. The summed E-state index contributed by atoms with van der Waals surface area (Å²) in [7, 11) is -0.0825. The molecule has 2 aromatic carbocycles. The fraction of sp³-hybridized carbons (Fsp3) is 0.571. The minimum atomic E-state index is -3.42. The highest BCUT2D eigenvalue weighted by molar-refractivity contribution is 7.88. The monoisotopic (exact) mass is 518 g/mol. The SMILES string of the molecule is COCCCOc1cc(C[C@@H](C[C@H]2CNC[C@H]2NS(=O)(=O)Cc2ccccc2)C(C)C)ccc1OC. The highest BCUT2D eigenvalue weighted by Crippen LogP contribution is 2.32. The third-order valence-electron chi connectivity index (χ3n) is 6.89. The molecule has 200 valence electrons. The molecule has 0 amide bonds. The third kappa shape index (κ3) is 8.76. The van der Waals surface area contributed by atoms with E-state index >= 15 is 0 Å². The van der Waals surface area contributed by atoms with Crippen molar-refractivity contribution in [3.8, 4) is 11.5 Å². The maximum Gasteiger partial charge on any atom is 0.216 e. The summed E-state index contributed by atoms with van der Waals surface area (Å²) in [6, 6.07) is 15.4. The smallest absolute Gasteiger partial charge is 0.216 e. The van der Waals surface area contributed by atoms with E-state index < -0.39 is 10.0 Å². The van der Waals surface area contributed by atoms with Gasteiger partial charge in [0.1, 0.15) is 0 Å². The molecule has 1 saturated heterocycles. The first-order valence-electron chi connectivity index (χ1n) is 12.8. The lowest BCUT2D eigenvalue weighted by Gasteiger charge is -2.28. The van der Waals surface area contributed by atoms with Crippen LogP contribution in [0.5, 0.6) is 11.5 Å². The zero-order valence-electron chi connectivity index (χ0n) is 22.0. The lowest BCUT2D eigenvalue weighted by atomic mass is 9.81. The van der Waals surface area contributed by atoms with E-state index in [0.717, 1.165) is 42.9 Å². The van der Waals surface area contributed by atoms with Gasteiger partial charge in [0.2, 0.25) is 10.0 Å². The van der Waals surface area contributed by atoms with E-state index in [-0.39, 0.29) is 17.7 Å². The van der Waals surface area contributed by atoms with Crippen LogP contribution in [0.15, 0.2) is 48.5 Å². The molecule has 36 heavy (non-hydrogen) atoms. The van der Waals surface area contributed by atoms with Crippen molar-refractivity contribution in [3.63, 3.8) is 0 Å². The number of ether oxygens (including phenoxy) is 3. The summed E-state index contributed by atoms with van der Waals surface area (Å²) in [4.78, 5) is 0. The molecule has 0 saturated carbocycles. The minimum Gasteiger partial charge on any atom is -0.493 e. The Morgan fingerprint density at radius 1 is 1.00 bits per heavy atom. The number of benzene rings is 2. The maximum atomic E-state index is 12.9. The number of hydrogen-bond donors (Lipinski definition) is 2. The van der Waals surface area contributed by atoms with E-state index in [0.29, 0.717) is 31.6 Å². The number of nitrogens with one attached hydrogen (secondary N) is 2. The molecule has 1 heterocycles. The molecule has 0 unspecified atom stereocenters. The first-order chi connectivity index (χ1) is 17.3. The highest BCUT2D eigenvalue weighted by Gasteiger charge is 2.33. The number of methoxy groups -OCH3 is 2. The normalized spacial score (nSPS) is 18.9. The first-order valence-corrected chi connectivity index (χ1v) is 14.5. The van der Waals surface area contributed by atoms with E-state index in [4.69, 9.17) is 14.2 Å².